The first-order valence-corrected chi connectivity index (χ1v) is 7.90. The number of benzene rings is 1. The molecule has 1 aromatic carbocycles. The number of methoxy groups -OCH3 is 1. The van der Waals surface area contributed by atoms with Crippen molar-refractivity contribution in [1.29, 1.82) is 0 Å². The van der Waals surface area contributed by atoms with E-state index in [1.54, 1.807) is 18.4 Å². The maximum Gasteiger partial charge on any atom is 0.122 e. The zero-order valence-electron chi connectivity index (χ0n) is 11.9. The Kier molecular flexibility index (Phi) is 4.15. The molecular formula is C16H20N2OS. The molecule has 0 radical (unpaired) electrons. The van der Waals surface area contributed by atoms with Crippen LogP contribution in [-0.2, 0) is 11.3 Å². The lowest BCUT2D eigenvalue weighted by Crippen LogP contribution is -2.14. The average molecular weight is 288 g/mol. The number of rotatable bonds is 6. The van der Waals surface area contributed by atoms with Crippen LogP contribution in [0.25, 0.3) is 11.3 Å². The Morgan fingerprint density at radius 2 is 2.10 bits per heavy atom. The zero-order valence-corrected chi connectivity index (χ0v) is 12.7. The summed E-state index contributed by atoms with van der Waals surface area (Å²) < 4.78 is 5.41. The van der Waals surface area contributed by atoms with E-state index in [2.05, 4.69) is 29.6 Å². The van der Waals surface area contributed by atoms with Gasteiger partial charge in [-0.25, -0.2) is 4.98 Å². The molecule has 0 saturated heterocycles. The van der Waals surface area contributed by atoms with E-state index in [-0.39, 0.29) is 6.10 Å². The Hall–Kier alpha value is -1.23. The van der Waals surface area contributed by atoms with E-state index >= 15 is 0 Å². The lowest BCUT2D eigenvalue weighted by molar-refractivity contribution is 0.119. The SMILES string of the molecule is COC(C)c1nc(-c2ccccc2)c(CNC2CC2)s1. The van der Waals surface area contributed by atoms with Gasteiger partial charge in [-0.3, -0.25) is 0 Å². The third-order valence-corrected chi connectivity index (χ3v) is 4.81. The summed E-state index contributed by atoms with van der Waals surface area (Å²) in [5.41, 5.74) is 2.29. The number of ether oxygens (including phenoxy) is 1. The second-order valence-electron chi connectivity index (χ2n) is 5.22. The van der Waals surface area contributed by atoms with E-state index < -0.39 is 0 Å². The van der Waals surface area contributed by atoms with Gasteiger partial charge in [0.25, 0.3) is 0 Å². The van der Waals surface area contributed by atoms with Crippen LogP contribution in [-0.4, -0.2) is 18.1 Å². The highest BCUT2D eigenvalue weighted by Crippen LogP contribution is 2.32. The highest BCUT2D eigenvalue weighted by molar-refractivity contribution is 7.12. The summed E-state index contributed by atoms with van der Waals surface area (Å²) in [5, 5.41) is 4.64. The van der Waals surface area contributed by atoms with Crippen LogP contribution in [0.4, 0.5) is 0 Å². The maximum atomic E-state index is 5.41. The minimum atomic E-state index is 0.0529. The van der Waals surface area contributed by atoms with Gasteiger partial charge in [-0.2, -0.15) is 0 Å². The molecule has 20 heavy (non-hydrogen) atoms. The molecular weight excluding hydrogens is 268 g/mol. The van der Waals surface area contributed by atoms with Gasteiger partial charge in [-0.05, 0) is 19.8 Å². The highest BCUT2D eigenvalue weighted by atomic mass is 32.1. The molecule has 0 aliphatic heterocycles. The maximum absolute atomic E-state index is 5.41. The van der Waals surface area contributed by atoms with Gasteiger partial charge in [0.05, 0.1) is 5.69 Å². The van der Waals surface area contributed by atoms with E-state index in [0.717, 1.165) is 17.2 Å². The van der Waals surface area contributed by atoms with Crippen LogP contribution < -0.4 is 5.32 Å². The third-order valence-electron chi connectivity index (χ3n) is 3.59. The van der Waals surface area contributed by atoms with Gasteiger partial charge < -0.3 is 10.1 Å². The Labute approximate surface area is 124 Å². The summed E-state index contributed by atoms with van der Waals surface area (Å²) in [6.07, 6.45) is 2.67. The molecule has 1 aliphatic rings. The van der Waals surface area contributed by atoms with E-state index in [1.807, 2.05) is 13.0 Å². The van der Waals surface area contributed by atoms with Crippen molar-refractivity contribution in [3.8, 4) is 11.3 Å². The Morgan fingerprint density at radius 1 is 1.35 bits per heavy atom. The fraction of sp³-hybridized carbons (Fsp3) is 0.438. The highest BCUT2D eigenvalue weighted by Gasteiger charge is 2.22. The van der Waals surface area contributed by atoms with Gasteiger partial charge >= 0.3 is 0 Å². The Morgan fingerprint density at radius 3 is 2.75 bits per heavy atom. The second-order valence-corrected chi connectivity index (χ2v) is 6.34. The van der Waals surface area contributed by atoms with Crippen LogP contribution in [0, 0.1) is 0 Å². The lowest BCUT2D eigenvalue weighted by atomic mass is 10.1. The smallest absolute Gasteiger partial charge is 0.122 e. The van der Waals surface area contributed by atoms with Crippen molar-refractivity contribution < 1.29 is 4.74 Å². The van der Waals surface area contributed by atoms with Gasteiger partial charge in [-0.1, -0.05) is 30.3 Å². The van der Waals surface area contributed by atoms with Gasteiger partial charge in [0.15, 0.2) is 0 Å². The first-order chi connectivity index (χ1) is 9.78. The molecule has 4 heteroatoms. The summed E-state index contributed by atoms with van der Waals surface area (Å²) in [6, 6.07) is 11.1. The quantitative estimate of drug-likeness (QED) is 0.878. The first-order valence-electron chi connectivity index (χ1n) is 7.09. The summed E-state index contributed by atoms with van der Waals surface area (Å²) >= 11 is 1.76. The number of aromatic nitrogens is 1. The van der Waals surface area contributed by atoms with E-state index in [4.69, 9.17) is 9.72 Å². The normalized spacial score (nSPS) is 16.3. The number of hydrogen-bond donors (Lipinski definition) is 1. The minimum absolute atomic E-state index is 0.0529. The average Bonchev–Trinajstić information content (AvgIpc) is 3.23. The predicted octanol–water partition coefficient (Wildman–Crippen LogP) is 3.77. The minimum Gasteiger partial charge on any atom is -0.375 e. The predicted molar refractivity (Wildman–Crippen MR) is 82.8 cm³/mol. The van der Waals surface area contributed by atoms with Crippen molar-refractivity contribution in [3.63, 3.8) is 0 Å². The third kappa shape index (κ3) is 3.08. The summed E-state index contributed by atoms with van der Waals surface area (Å²) in [7, 11) is 1.73. The van der Waals surface area contributed by atoms with Crippen LogP contribution in [0.2, 0.25) is 0 Å². The lowest BCUT2D eigenvalue weighted by Gasteiger charge is -2.03. The van der Waals surface area contributed by atoms with E-state index in [9.17, 15) is 0 Å². The zero-order chi connectivity index (χ0) is 13.9. The second kappa shape index (κ2) is 6.04. The molecule has 3 nitrogen and oxygen atoms in total. The molecule has 1 aliphatic carbocycles. The van der Waals surface area contributed by atoms with Gasteiger partial charge in [0.1, 0.15) is 11.1 Å². The van der Waals surface area contributed by atoms with Crippen LogP contribution in [0.3, 0.4) is 0 Å². The molecule has 1 N–H and O–H groups in total. The molecule has 106 valence electrons. The summed E-state index contributed by atoms with van der Waals surface area (Å²) in [4.78, 5) is 6.11. The molecule has 1 aromatic heterocycles. The van der Waals surface area contributed by atoms with Gasteiger partial charge in [0.2, 0.25) is 0 Å². The van der Waals surface area contributed by atoms with Crippen LogP contribution >= 0.6 is 11.3 Å². The summed E-state index contributed by atoms with van der Waals surface area (Å²) in [6.45, 7) is 2.95. The van der Waals surface area contributed by atoms with E-state index in [0.29, 0.717) is 6.04 Å². The van der Waals surface area contributed by atoms with Crippen LogP contribution in [0.1, 0.15) is 35.8 Å². The molecule has 3 rings (SSSR count). The molecule has 1 unspecified atom stereocenters. The first kappa shape index (κ1) is 13.7. The number of thiazole rings is 1. The molecule has 1 atom stereocenters. The fourth-order valence-corrected chi connectivity index (χ4v) is 3.18. The van der Waals surface area contributed by atoms with Crippen molar-refractivity contribution >= 4 is 11.3 Å². The molecule has 0 amide bonds. The van der Waals surface area contributed by atoms with Crippen LogP contribution in [0.15, 0.2) is 30.3 Å². The van der Waals surface area contributed by atoms with Crippen molar-refractivity contribution in [2.24, 2.45) is 0 Å². The fourth-order valence-electron chi connectivity index (χ4n) is 2.11. The Bertz CT molecular complexity index is 563. The number of nitrogens with one attached hydrogen (secondary N) is 1. The summed E-state index contributed by atoms with van der Waals surface area (Å²) in [5.74, 6) is 0. The monoisotopic (exact) mass is 288 g/mol. The standard InChI is InChI=1S/C16H20N2OS/c1-11(19-2)16-18-15(12-6-4-3-5-7-12)14(20-16)10-17-13-8-9-13/h3-7,11,13,17H,8-10H2,1-2H3. The molecule has 2 aromatic rings. The molecule has 1 fully saturated rings. The van der Waals surface area contributed by atoms with Gasteiger partial charge in [-0.15, -0.1) is 11.3 Å². The van der Waals surface area contributed by atoms with Gasteiger partial charge in [0, 0.05) is 30.1 Å². The Balaban J connectivity index is 1.90. The molecule has 1 heterocycles. The van der Waals surface area contributed by atoms with E-state index in [1.165, 1.54) is 23.3 Å². The molecule has 0 bridgehead atoms. The van der Waals surface area contributed by atoms with Crippen molar-refractivity contribution in [2.75, 3.05) is 7.11 Å². The largest absolute Gasteiger partial charge is 0.375 e. The topological polar surface area (TPSA) is 34.1 Å². The molecule has 0 spiro atoms. The number of hydrogen-bond acceptors (Lipinski definition) is 4. The number of nitrogens with zero attached hydrogens (tertiary/aromatic N) is 1. The van der Waals surface area contributed by atoms with Crippen LogP contribution in [0.5, 0.6) is 0 Å². The van der Waals surface area contributed by atoms with Crippen molar-refractivity contribution in [1.82, 2.24) is 10.3 Å². The van der Waals surface area contributed by atoms with Crippen molar-refractivity contribution in [2.45, 2.75) is 38.5 Å². The van der Waals surface area contributed by atoms with Crippen molar-refractivity contribution in [3.05, 3.63) is 40.2 Å². The molecule has 1 saturated carbocycles.